The summed E-state index contributed by atoms with van der Waals surface area (Å²) in [6, 6.07) is 74.4. The highest BCUT2D eigenvalue weighted by atomic mass is 32.1. The molecule has 0 amide bonds. The van der Waals surface area contributed by atoms with Gasteiger partial charge in [0.15, 0.2) is 0 Å². The molecule has 0 aliphatic rings. The second-order valence-corrected chi connectivity index (χ2v) is 15.9. The maximum atomic E-state index is 6.51. The van der Waals surface area contributed by atoms with Crippen LogP contribution in [0.15, 0.2) is 211 Å². The van der Waals surface area contributed by atoms with Gasteiger partial charge in [0.05, 0.1) is 11.0 Å². The van der Waals surface area contributed by atoms with E-state index in [0.29, 0.717) is 0 Å². The van der Waals surface area contributed by atoms with E-state index in [-0.39, 0.29) is 0 Å². The van der Waals surface area contributed by atoms with Gasteiger partial charge in [-0.15, -0.1) is 11.3 Å². The second kappa shape index (κ2) is 13.1. The predicted octanol–water partition coefficient (Wildman–Crippen LogP) is 15.9. The second-order valence-electron chi connectivity index (χ2n) is 14.9. The van der Waals surface area contributed by atoms with Gasteiger partial charge in [0.25, 0.3) is 0 Å². The molecule has 0 saturated carbocycles. The van der Waals surface area contributed by atoms with E-state index in [9.17, 15) is 0 Å². The summed E-state index contributed by atoms with van der Waals surface area (Å²) in [5.41, 5.74) is 13.2. The van der Waals surface area contributed by atoms with Gasteiger partial charge in [-0.1, -0.05) is 133 Å². The standard InChI is InChI=1S/C54H34N2OS/c1-2-15-37(16-3-1)55(39-17-12-14-36(32-39)41-22-13-23-46-44-20-6-10-26-51(44)57-53(41)46)40-33-47(54-48(34-40)45-21-7-11-27-52(45)58-54)35-28-30-38(31-29-35)56-49-24-8-4-18-42(49)43-19-5-9-25-50(43)56/h1-34H. The van der Waals surface area contributed by atoms with E-state index in [0.717, 1.165) is 55.8 Å². The zero-order chi connectivity index (χ0) is 38.2. The Morgan fingerprint density at radius 3 is 1.83 bits per heavy atom. The summed E-state index contributed by atoms with van der Waals surface area (Å²) in [5, 5.41) is 7.31. The van der Waals surface area contributed by atoms with Crippen LogP contribution in [0.1, 0.15) is 0 Å². The molecule has 4 heteroatoms. The van der Waals surface area contributed by atoms with Crippen molar-refractivity contribution in [1.29, 1.82) is 0 Å². The molecule has 3 nitrogen and oxygen atoms in total. The minimum Gasteiger partial charge on any atom is -0.455 e. The summed E-state index contributed by atoms with van der Waals surface area (Å²) in [7, 11) is 0. The SMILES string of the molecule is c1ccc(N(c2cccc(-c3cccc4c3oc3ccccc34)c2)c2cc(-c3ccc(-n4c5ccccc5c5ccccc54)cc3)c3sc4ccccc4c3c2)cc1. The summed E-state index contributed by atoms with van der Waals surface area (Å²) in [5.74, 6) is 0. The van der Waals surface area contributed by atoms with Crippen molar-refractivity contribution in [2.75, 3.05) is 4.90 Å². The minimum absolute atomic E-state index is 0.902. The monoisotopic (exact) mass is 758 g/mol. The van der Waals surface area contributed by atoms with Gasteiger partial charge in [0, 0.05) is 75.6 Å². The lowest BCUT2D eigenvalue weighted by Crippen LogP contribution is -2.10. The van der Waals surface area contributed by atoms with Crippen molar-refractivity contribution in [2.45, 2.75) is 0 Å². The average Bonchev–Trinajstić information content (AvgIpc) is 3.97. The van der Waals surface area contributed by atoms with Gasteiger partial charge in [0.2, 0.25) is 0 Å². The van der Waals surface area contributed by atoms with Crippen molar-refractivity contribution in [2.24, 2.45) is 0 Å². The fraction of sp³-hybridized carbons (Fsp3) is 0. The first-order valence-electron chi connectivity index (χ1n) is 19.7. The van der Waals surface area contributed by atoms with Crippen molar-refractivity contribution in [3.8, 4) is 27.9 Å². The van der Waals surface area contributed by atoms with E-state index in [1.165, 1.54) is 53.1 Å². The highest BCUT2D eigenvalue weighted by Gasteiger charge is 2.20. The maximum Gasteiger partial charge on any atom is 0.143 e. The van der Waals surface area contributed by atoms with Gasteiger partial charge in [0.1, 0.15) is 11.2 Å². The molecular weight excluding hydrogens is 725 g/mol. The van der Waals surface area contributed by atoms with E-state index in [4.69, 9.17) is 4.42 Å². The first-order valence-corrected chi connectivity index (χ1v) is 20.5. The Labute approximate surface area is 338 Å². The molecule has 0 N–H and O–H groups in total. The lowest BCUT2D eigenvalue weighted by Gasteiger charge is -2.27. The lowest BCUT2D eigenvalue weighted by molar-refractivity contribution is 0.670. The van der Waals surface area contributed by atoms with Crippen LogP contribution >= 0.6 is 11.3 Å². The van der Waals surface area contributed by atoms with E-state index in [1.807, 2.05) is 23.5 Å². The molecule has 272 valence electrons. The lowest BCUT2D eigenvalue weighted by atomic mass is 9.99. The molecule has 0 fully saturated rings. The smallest absolute Gasteiger partial charge is 0.143 e. The van der Waals surface area contributed by atoms with Gasteiger partial charge < -0.3 is 13.9 Å². The highest BCUT2D eigenvalue weighted by Crippen LogP contribution is 2.47. The van der Waals surface area contributed by atoms with Crippen LogP contribution in [-0.4, -0.2) is 4.57 Å². The average molecular weight is 759 g/mol. The Bertz CT molecular complexity index is 3460. The fourth-order valence-corrected chi connectivity index (χ4v) is 10.2. The Balaban J connectivity index is 1.05. The summed E-state index contributed by atoms with van der Waals surface area (Å²) < 4.78 is 11.5. The number of thiophene rings is 1. The van der Waals surface area contributed by atoms with Crippen molar-refractivity contribution >= 4 is 92.3 Å². The largest absolute Gasteiger partial charge is 0.455 e. The molecule has 3 heterocycles. The molecule has 0 aliphatic heterocycles. The van der Waals surface area contributed by atoms with Gasteiger partial charge in [-0.2, -0.15) is 0 Å². The van der Waals surface area contributed by atoms with Crippen LogP contribution in [0.25, 0.3) is 91.9 Å². The number of hydrogen-bond donors (Lipinski definition) is 0. The van der Waals surface area contributed by atoms with E-state index in [2.05, 4.69) is 204 Å². The van der Waals surface area contributed by atoms with E-state index in [1.54, 1.807) is 0 Å². The predicted molar refractivity (Wildman–Crippen MR) is 247 cm³/mol. The minimum atomic E-state index is 0.902. The summed E-state index contributed by atoms with van der Waals surface area (Å²) in [6.45, 7) is 0. The first kappa shape index (κ1) is 32.8. The Morgan fingerprint density at radius 2 is 1.03 bits per heavy atom. The first-order chi connectivity index (χ1) is 28.8. The molecule has 0 bridgehead atoms. The molecule has 12 aromatic rings. The Morgan fingerprint density at radius 1 is 0.397 bits per heavy atom. The molecular formula is C54H34N2OS. The zero-order valence-electron chi connectivity index (χ0n) is 31.3. The van der Waals surface area contributed by atoms with Gasteiger partial charge >= 0.3 is 0 Å². The number of fused-ring (bicyclic) bond motifs is 9. The highest BCUT2D eigenvalue weighted by molar-refractivity contribution is 7.26. The van der Waals surface area contributed by atoms with Gasteiger partial charge in [-0.3, -0.25) is 0 Å². The van der Waals surface area contributed by atoms with Crippen LogP contribution in [0.2, 0.25) is 0 Å². The molecule has 12 rings (SSSR count). The number of anilines is 3. The van der Waals surface area contributed by atoms with Crippen LogP contribution < -0.4 is 4.90 Å². The van der Waals surface area contributed by atoms with Crippen molar-refractivity contribution in [3.05, 3.63) is 206 Å². The third-order valence-electron chi connectivity index (χ3n) is 11.6. The van der Waals surface area contributed by atoms with E-state index >= 15 is 0 Å². The van der Waals surface area contributed by atoms with Crippen molar-refractivity contribution in [1.82, 2.24) is 4.57 Å². The Hall–Kier alpha value is -7.40. The normalized spacial score (nSPS) is 11.8. The molecule has 9 aromatic carbocycles. The quantitative estimate of drug-likeness (QED) is 0.168. The van der Waals surface area contributed by atoms with Crippen molar-refractivity contribution in [3.63, 3.8) is 0 Å². The number of furan rings is 1. The Kier molecular flexibility index (Phi) is 7.40. The van der Waals surface area contributed by atoms with Crippen LogP contribution in [0.3, 0.4) is 0 Å². The third-order valence-corrected chi connectivity index (χ3v) is 12.8. The fourth-order valence-electron chi connectivity index (χ4n) is 8.96. The molecule has 0 aliphatic carbocycles. The van der Waals surface area contributed by atoms with Crippen molar-refractivity contribution < 1.29 is 4.42 Å². The summed E-state index contributed by atoms with van der Waals surface area (Å²) in [6.07, 6.45) is 0. The van der Waals surface area contributed by atoms with Crippen LogP contribution in [0, 0.1) is 0 Å². The van der Waals surface area contributed by atoms with Crippen LogP contribution in [0.4, 0.5) is 17.1 Å². The molecule has 0 unspecified atom stereocenters. The topological polar surface area (TPSA) is 21.3 Å². The number of nitrogens with zero attached hydrogens (tertiary/aromatic N) is 2. The third kappa shape index (κ3) is 5.12. The number of benzene rings is 9. The zero-order valence-corrected chi connectivity index (χ0v) is 32.2. The van der Waals surface area contributed by atoms with Gasteiger partial charge in [-0.25, -0.2) is 0 Å². The van der Waals surface area contributed by atoms with Gasteiger partial charge in [-0.05, 0) is 83.9 Å². The number of aromatic nitrogens is 1. The van der Waals surface area contributed by atoms with Crippen LogP contribution in [-0.2, 0) is 0 Å². The molecule has 58 heavy (non-hydrogen) atoms. The molecule has 0 atom stereocenters. The number of rotatable bonds is 6. The van der Waals surface area contributed by atoms with E-state index < -0.39 is 0 Å². The molecule has 0 spiro atoms. The number of hydrogen-bond acceptors (Lipinski definition) is 3. The number of para-hydroxylation sites is 5. The molecule has 3 aromatic heterocycles. The molecule has 0 saturated heterocycles. The molecule has 0 radical (unpaired) electrons. The van der Waals surface area contributed by atoms with Crippen LogP contribution in [0.5, 0.6) is 0 Å². The maximum absolute atomic E-state index is 6.51. The summed E-state index contributed by atoms with van der Waals surface area (Å²) >= 11 is 1.87. The summed E-state index contributed by atoms with van der Waals surface area (Å²) in [4.78, 5) is 2.39.